The van der Waals surface area contributed by atoms with Crippen LogP contribution in [0.2, 0.25) is 0 Å². The molecule has 0 fully saturated rings. The van der Waals surface area contributed by atoms with Crippen LogP contribution in [-0.2, 0) is 0 Å². The minimum atomic E-state index is -0.415. The van der Waals surface area contributed by atoms with Crippen LogP contribution in [0.4, 0.5) is 0 Å². The average molecular weight is 278 g/mol. The van der Waals surface area contributed by atoms with Gasteiger partial charge in [-0.05, 0) is 37.1 Å². The van der Waals surface area contributed by atoms with Crippen LogP contribution in [0, 0.1) is 6.92 Å². The highest BCUT2D eigenvalue weighted by Gasteiger charge is 2.11. The highest BCUT2D eigenvalue weighted by atomic mass is 16.4. The number of aryl methyl sites for hydroxylation is 1. The van der Waals surface area contributed by atoms with E-state index in [9.17, 15) is 9.59 Å². The van der Waals surface area contributed by atoms with Crippen LogP contribution in [-0.4, -0.2) is 5.78 Å². The van der Waals surface area contributed by atoms with Gasteiger partial charge in [-0.15, -0.1) is 0 Å². The number of fused-ring (bicyclic) bond motifs is 1. The molecule has 0 spiro atoms. The zero-order valence-electron chi connectivity index (χ0n) is 11.8. The maximum Gasteiger partial charge on any atom is 0.336 e. The molecule has 0 saturated heterocycles. The minimum absolute atomic E-state index is 0.0548. The lowest BCUT2D eigenvalue weighted by molar-refractivity contribution is 0.101. The van der Waals surface area contributed by atoms with Crippen molar-refractivity contribution in [2.24, 2.45) is 0 Å². The number of carbonyl (C=O) groups excluding carboxylic acids is 1. The first-order chi connectivity index (χ1) is 10.1. The maximum absolute atomic E-state index is 11.8. The Balaban J connectivity index is 2.36. The van der Waals surface area contributed by atoms with Gasteiger partial charge in [0.15, 0.2) is 5.78 Å². The third-order valence-electron chi connectivity index (χ3n) is 3.59. The van der Waals surface area contributed by atoms with E-state index in [0.717, 1.165) is 22.1 Å². The molecule has 0 bridgehead atoms. The molecular weight excluding hydrogens is 264 g/mol. The maximum atomic E-state index is 11.8. The first-order valence-corrected chi connectivity index (χ1v) is 6.71. The van der Waals surface area contributed by atoms with E-state index in [1.54, 1.807) is 12.1 Å². The lowest BCUT2D eigenvalue weighted by Crippen LogP contribution is -2.00. The second-order valence-corrected chi connectivity index (χ2v) is 5.06. The third-order valence-corrected chi connectivity index (χ3v) is 3.59. The molecule has 2 aromatic carbocycles. The van der Waals surface area contributed by atoms with Crippen LogP contribution >= 0.6 is 0 Å². The number of hydrogen-bond donors (Lipinski definition) is 0. The van der Waals surface area contributed by atoms with Gasteiger partial charge in [0, 0.05) is 22.6 Å². The zero-order chi connectivity index (χ0) is 15.0. The van der Waals surface area contributed by atoms with Crippen LogP contribution in [0.15, 0.2) is 57.7 Å². The van der Waals surface area contributed by atoms with Crippen LogP contribution in [0.5, 0.6) is 0 Å². The van der Waals surface area contributed by atoms with Gasteiger partial charge in [0.2, 0.25) is 0 Å². The lowest BCUT2D eigenvalue weighted by Gasteiger charge is -2.09. The van der Waals surface area contributed by atoms with Gasteiger partial charge < -0.3 is 4.42 Å². The summed E-state index contributed by atoms with van der Waals surface area (Å²) in [6, 6.07) is 14.6. The van der Waals surface area contributed by atoms with Crippen molar-refractivity contribution in [2.75, 3.05) is 0 Å². The number of benzene rings is 2. The highest BCUT2D eigenvalue weighted by Crippen LogP contribution is 2.30. The number of carbonyl (C=O) groups is 1. The lowest BCUT2D eigenvalue weighted by atomic mass is 9.97. The molecule has 0 atom stereocenters. The molecule has 0 radical (unpaired) electrons. The van der Waals surface area contributed by atoms with E-state index in [1.807, 2.05) is 37.3 Å². The summed E-state index contributed by atoms with van der Waals surface area (Å²) in [5.74, 6) is -0.0548. The molecule has 3 heteroatoms. The van der Waals surface area contributed by atoms with Gasteiger partial charge >= 0.3 is 5.63 Å². The van der Waals surface area contributed by atoms with Crippen molar-refractivity contribution in [3.8, 4) is 11.1 Å². The molecule has 0 amide bonds. The summed E-state index contributed by atoms with van der Waals surface area (Å²) < 4.78 is 5.25. The molecule has 3 aromatic rings. The normalized spacial score (nSPS) is 10.8. The van der Waals surface area contributed by atoms with Gasteiger partial charge in [-0.1, -0.05) is 30.3 Å². The Kier molecular flexibility index (Phi) is 3.18. The Labute approximate surface area is 121 Å². The van der Waals surface area contributed by atoms with Gasteiger partial charge in [-0.2, -0.15) is 0 Å². The Bertz CT molecular complexity index is 904. The standard InChI is InChI=1S/C18H14O3/c1-11-5-3-4-6-14(11)16-10-18(20)21-17-9-13(12(2)19)7-8-15(16)17/h3-10H,1-2H3. The van der Waals surface area contributed by atoms with Gasteiger partial charge in [0.1, 0.15) is 5.58 Å². The van der Waals surface area contributed by atoms with Gasteiger partial charge in [0.25, 0.3) is 0 Å². The fourth-order valence-corrected chi connectivity index (χ4v) is 2.48. The summed E-state index contributed by atoms with van der Waals surface area (Å²) in [5, 5.41) is 0.828. The monoisotopic (exact) mass is 278 g/mol. The van der Waals surface area contributed by atoms with Crippen molar-refractivity contribution in [1.29, 1.82) is 0 Å². The van der Waals surface area contributed by atoms with Gasteiger partial charge in [-0.25, -0.2) is 4.79 Å². The van der Waals surface area contributed by atoms with Crippen molar-refractivity contribution in [2.45, 2.75) is 13.8 Å². The van der Waals surface area contributed by atoms with E-state index in [1.165, 1.54) is 13.0 Å². The number of rotatable bonds is 2. The van der Waals surface area contributed by atoms with Crippen molar-refractivity contribution in [1.82, 2.24) is 0 Å². The van der Waals surface area contributed by atoms with Gasteiger partial charge in [-0.3, -0.25) is 4.79 Å². The molecular formula is C18H14O3. The molecule has 104 valence electrons. The molecule has 0 saturated carbocycles. The van der Waals surface area contributed by atoms with E-state index >= 15 is 0 Å². The van der Waals surface area contributed by atoms with Crippen LogP contribution in [0.25, 0.3) is 22.1 Å². The molecule has 21 heavy (non-hydrogen) atoms. The summed E-state index contributed by atoms with van der Waals surface area (Å²) in [7, 11) is 0. The summed E-state index contributed by atoms with van der Waals surface area (Å²) in [6.45, 7) is 3.49. The van der Waals surface area contributed by atoms with Gasteiger partial charge in [0.05, 0.1) is 0 Å². The molecule has 0 N–H and O–H groups in total. The Morgan fingerprint density at radius 3 is 2.48 bits per heavy atom. The van der Waals surface area contributed by atoms with E-state index in [2.05, 4.69) is 0 Å². The molecule has 1 heterocycles. The summed E-state index contributed by atoms with van der Waals surface area (Å²) >= 11 is 0. The first kappa shape index (κ1) is 13.3. The van der Waals surface area contributed by atoms with Crippen LogP contribution in [0.3, 0.4) is 0 Å². The van der Waals surface area contributed by atoms with E-state index in [-0.39, 0.29) is 5.78 Å². The van der Waals surface area contributed by atoms with Crippen LogP contribution < -0.4 is 5.63 Å². The summed E-state index contributed by atoms with van der Waals surface area (Å²) in [5.41, 5.74) is 3.46. The molecule has 3 nitrogen and oxygen atoms in total. The molecule has 1 aromatic heterocycles. The van der Waals surface area contributed by atoms with E-state index in [0.29, 0.717) is 11.1 Å². The highest BCUT2D eigenvalue weighted by molar-refractivity contribution is 6.00. The summed E-state index contributed by atoms with van der Waals surface area (Å²) in [4.78, 5) is 23.3. The largest absolute Gasteiger partial charge is 0.423 e. The Morgan fingerprint density at radius 1 is 1.00 bits per heavy atom. The topological polar surface area (TPSA) is 47.3 Å². The van der Waals surface area contributed by atoms with E-state index < -0.39 is 5.63 Å². The van der Waals surface area contributed by atoms with Crippen molar-refractivity contribution >= 4 is 16.8 Å². The average Bonchev–Trinajstić information content (AvgIpc) is 2.46. The molecule has 0 aliphatic heterocycles. The smallest absolute Gasteiger partial charge is 0.336 e. The Morgan fingerprint density at radius 2 is 1.76 bits per heavy atom. The third kappa shape index (κ3) is 2.38. The molecule has 0 unspecified atom stereocenters. The predicted octanol–water partition coefficient (Wildman–Crippen LogP) is 3.97. The van der Waals surface area contributed by atoms with Crippen molar-refractivity contribution in [3.63, 3.8) is 0 Å². The SMILES string of the molecule is CC(=O)c1ccc2c(-c3ccccc3C)cc(=O)oc2c1. The quantitative estimate of drug-likeness (QED) is 0.526. The minimum Gasteiger partial charge on any atom is -0.423 e. The van der Waals surface area contributed by atoms with Crippen molar-refractivity contribution in [3.05, 3.63) is 70.1 Å². The summed E-state index contributed by atoms with van der Waals surface area (Å²) in [6.07, 6.45) is 0. The van der Waals surface area contributed by atoms with Crippen LogP contribution in [0.1, 0.15) is 22.8 Å². The van der Waals surface area contributed by atoms with E-state index in [4.69, 9.17) is 4.42 Å². The molecule has 0 aliphatic carbocycles. The van der Waals surface area contributed by atoms with Crippen molar-refractivity contribution < 1.29 is 9.21 Å². The Hall–Kier alpha value is -2.68. The predicted molar refractivity (Wildman–Crippen MR) is 82.7 cm³/mol. The number of hydrogen-bond acceptors (Lipinski definition) is 3. The fourth-order valence-electron chi connectivity index (χ4n) is 2.48. The zero-order valence-corrected chi connectivity index (χ0v) is 11.8. The number of Topliss-reactive ketones (excluding diaryl/α,β-unsaturated/α-hetero) is 1. The molecule has 3 rings (SSSR count). The first-order valence-electron chi connectivity index (χ1n) is 6.71. The second-order valence-electron chi connectivity index (χ2n) is 5.06. The molecule has 0 aliphatic rings. The fraction of sp³-hybridized carbons (Fsp3) is 0.111. The number of ketones is 1. The second kappa shape index (κ2) is 5.02.